The Hall–Kier alpha value is -3.23. The van der Waals surface area contributed by atoms with Crippen LogP contribution in [0.1, 0.15) is 25.7 Å². The quantitative estimate of drug-likeness (QED) is 0.271. The van der Waals surface area contributed by atoms with Gasteiger partial charge in [-0.15, -0.1) is 0 Å². The SMILES string of the molecule is C[Si](C)(C)CCOCn1cnc2ccn(C(=CC3CC3)C(=O)N[C@H](C#N)C[C@@H]3CCNC3=O)c(=O)c21. The number of nitrogens with one attached hydrogen (secondary N) is 2. The predicted molar refractivity (Wildman–Crippen MR) is 138 cm³/mol. The van der Waals surface area contributed by atoms with E-state index in [2.05, 4.69) is 41.3 Å². The normalized spacial score (nSPS) is 19.2. The van der Waals surface area contributed by atoms with Crippen LogP contribution in [0.25, 0.3) is 16.7 Å². The third kappa shape index (κ3) is 6.30. The van der Waals surface area contributed by atoms with Crippen molar-refractivity contribution in [3.63, 3.8) is 0 Å². The molecule has 192 valence electrons. The number of nitriles is 1. The summed E-state index contributed by atoms with van der Waals surface area (Å²) in [6.45, 7) is 8.22. The lowest BCUT2D eigenvalue weighted by molar-refractivity contribution is -0.123. The number of nitrogens with zero attached hydrogens (tertiary/aromatic N) is 4. The Bertz CT molecular complexity index is 1260. The highest BCUT2D eigenvalue weighted by atomic mass is 28.3. The minimum absolute atomic E-state index is 0.0970. The van der Waals surface area contributed by atoms with Crippen molar-refractivity contribution in [2.45, 2.75) is 64.1 Å². The topological polar surface area (TPSA) is 131 Å². The molecule has 3 heterocycles. The van der Waals surface area contributed by atoms with E-state index in [4.69, 9.17) is 4.74 Å². The largest absolute Gasteiger partial charge is 0.361 e. The Labute approximate surface area is 211 Å². The van der Waals surface area contributed by atoms with Crippen molar-refractivity contribution in [3.8, 4) is 6.07 Å². The number of imidazole rings is 1. The molecule has 2 aromatic rings. The minimum atomic E-state index is -1.24. The number of hydrogen-bond acceptors (Lipinski definition) is 6. The van der Waals surface area contributed by atoms with E-state index in [0.29, 0.717) is 30.6 Å². The Morgan fingerprint density at radius 3 is 2.78 bits per heavy atom. The van der Waals surface area contributed by atoms with Crippen LogP contribution < -0.4 is 16.2 Å². The van der Waals surface area contributed by atoms with Gasteiger partial charge in [0, 0.05) is 33.3 Å². The maximum absolute atomic E-state index is 13.5. The van der Waals surface area contributed by atoms with Gasteiger partial charge >= 0.3 is 0 Å². The van der Waals surface area contributed by atoms with Gasteiger partial charge in [-0.25, -0.2) is 4.98 Å². The average Bonchev–Trinajstić information content (AvgIpc) is 3.41. The number of aromatic nitrogens is 3. The van der Waals surface area contributed by atoms with E-state index in [1.54, 1.807) is 29.2 Å². The number of ether oxygens (including phenoxy) is 1. The van der Waals surface area contributed by atoms with Gasteiger partial charge in [0.2, 0.25) is 5.91 Å². The standard InChI is InChI=1S/C25H34N6O4Si/c1-36(2,3)11-10-35-16-30-15-28-20-7-9-31(25(34)22(20)30)21(12-17-4-5-17)24(33)29-19(14-26)13-18-6-8-27-23(18)32/h7,9,12,15,17-19H,4-6,8,10-11,13,16H2,1-3H3,(H,27,32)(H,29,33)/t18-,19-/m0/s1. The molecule has 2 aromatic heterocycles. The molecule has 11 heteroatoms. The summed E-state index contributed by atoms with van der Waals surface area (Å²) in [5.41, 5.74) is 0.704. The van der Waals surface area contributed by atoms with Gasteiger partial charge in [0.05, 0.1) is 17.9 Å². The lowest BCUT2D eigenvalue weighted by Crippen LogP contribution is -2.39. The van der Waals surface area contributed by atoms with Crippen LogP contribution in [0.5, 0.6) is 0 Å². The molecule has 1 aliphatic heterocycles. The molecule has 2 atom stereocenters. The van der Waals surface area contributed by atoms with Crippen LogP contribution in [-0.2, 0) is 21.1 Å². The van der Waals surface area contributed by atoms with E-state index in [1.807, 2.05) is 0 Å². The summed E-state index contributed by atoms with van der Waals surface area (Å²) in [5, 5.41) is 15.1. The molecule has 10 nitrogen and oxygen atoms in total. The second kappa shape index (κ2) is 10.8. The molecule has 1 saturated heterocycles. The molecule has 0 bridgehead atoms. The molecule has 1 saturated carbocycles. The van der Waals surface area contributed by atoms with Gasteiger partial charge < -0.3 is 19.9 Å². The van der Waals surface area contributed by atoms with Crippen molar-refractivity contribution in [1.82, 2.24) is 24.8 Å². The molecule has 4 rings (SSSR count). The van der Waals surface area contributed by atoms with Crippen molar-refractivity contribution in [1.29, 1.82) is 5.26 Å². The van der Waals surface area contributed by atoms with Crippen LogP contribution in [0.15, 0.2) is 29.5 Å². The number of allylic oxidation sites excluding steroid dienone is 1. The number of carbonyl (C=O) groups excluding carboxylic acids is 2. The molecular weight excluding hydrogens is 476 g/mol. The molecule has 2 amide bonds. The fraction of sp³-hybridized carbons (Fsp3) is 0.560. The predicted octanol–water partition coefficient (Wildman–Crippen LogP) is 2.30. The van der Waals surface area contributed by atoms with E-state index >= 15 is 0 Å². The van der Waals surface area contributed by atoms with Gasteiger partial charge in [0.1, 0.15) is 24.0 Å². The third-order valence-corrected chi connectivity index (χ3v) is 8.25. The van der Waals surface area contributed by atoms with E-state index < -0.39 is 20.0 Å². The fourth-order valence-corrected chi connectivity index (χ4v) is 4.95. The molecule has 0 radical (unpaired) electrons. The number of pyridine rings is 1. The summed E-state index contributed by atoms with van der Waals surface area (Å²) in [5.74, 6) is -0.699. The second-order valence-corrected chi connectivity index (χ2v) is 16.5. The van der Waals surface area contributed by atoms with E-state index in [9.17, 15) is 19.6 Å². The molecule has 2 N–H and O–H groups in total. The van der Waals surface area contributed by atoms with Crippen LogP contribution in [0, 0.1) is 23.2 Å². The first-order valence-corrected chi connectivity index (χ1v) is 16.2. The first-order chi connectivity index (χ1) is 17.2. The van der Waals surface area contributed by atoms with Gasteiger partial charge in [0.15, 0.2) is 0 Å². The lowest BCUT2D eigenvalue weighted by Gasteiger charge is -2.17. The number of fused-ring (bicyclic) bond motifs is 1. The van der Waals surface area contributed by atoms with Gasteiger partial charge in [-0.05, 0) is 43.7 Å². The zero-order valence-electron chi connectivity index (χ0n) is 21.1. The Morgan fingerprint density at radius 2 is 2.14 bits per heavy atom. The molecule has 0 unspecified atom stereocenters. The summed E-state index contributed by atoms with van der Waals surface area (Å²) in [6.07, 6.45) is 7.69. The average molecular weight is 511 g/mol. The summed E-state index contributed by atoms with van der Waals surface area (Å²) >= 11 is 0. The van der Waals surface area contributed by atoms with Crippen LogP contribution in [-0.4, -0.2) is 53.2 Å². The summed E-state index contributed by atoms with van der Waals surface area (Å²) in [7, 11) is -1.24. The second-order valence-electron chi connectivity index (χ2n) is 10.8. The summed E-state index contributed by atoms with van der Waals surface area (Å²) in [4.78, 5) is 43.1. The maximum Gasteiger partial charge on any atom is 0.281 e. The number of hydrogen-bond donors (Lipinski definition) is 2. The zero-order chi connectivity index (χ0) is 25.9. The molecule has 36 heavy (non-hydrogen) atoms. The molecule has 2 aliphatic rings. The van der Waals surface area contributed by atoms with Crippen molar-refractivity contribution >= 4 is 36.6 Å². The smallest absolute Gasteiger partial charge is 0.281 e. The summed E-state index contributed by atoms with van der Waals surface area (Å²) < 4.78 is 8.82. The van der Waals surface area contributed by atoms with E-state index in [-0.39, 0.29) is 42.2 Å². The lowest BCUT2D eigenvalue weighted by atomic mass is 9.99. The highest BCUT2D eigenvalue weighted by molar-refractivity contribution is 6.76. The monoisotopic (exact) mass is 510 g/mol. The van der Waals surface area contributed by atoms with Crippen molar-refractivity contribution in [2.24, 2.45) is 11.8 Å². The summed E-state index contributed by atoms with van der Waals surface area (Å²) in [6, 6.07) is 3.97. The first-order valence-electron chi connectivity index (χ1n) is 12.5. The van der Waals surface area contributed by atoms with Gasteiger partial charge in [-0.1, -0.05) is 25.7 Å². The third-order valence-electron chi connectivity index (χ3n) is 6.55. The first kappa shape index (κ1) is 25.8. The van der Waals surface area contributed by atoms with Gasteiger partial charge in [-0.2, -0.15) is 5.26 Å². The van der Waals surface area contributed by atoms with E-state index in [0.717, 1.165) is 18.9 Å². The minimum Gasteiger partial charge on any atom is -0.361 e. The maximum atomic E-state index is 13.5. The van der Waals surface area contributed by atoms with Crippen molar-refractivity contribution in [3.05, 3.63) is 35.0 Å². The van der Waals surface area contributed by atoms with Crippen LogP contribution in [0.4, 0.5) is 0 Å². The van der Waals surface area contributed by atoms with Crippen molar-refractivity contribution in [2.75, 3.05) is 13.2 Å². The molecule has 0 aromatic carbocycles. The highest BCUT2D eigenvalue weighted by Crippen LogP contribution is 2.32. The Morgan fingerprint density at radius 1 is 1.36 bits per heavy atom. The molecule has 1 aliphatic carbocycles. The van der Waals surface area contributed by atoms with Crippen LogP contribution in [0.2, 0.25) is 25.7 Å². The van der Waals surface area contributed by atoms with Crippen molar-refractivity contribution < 1.29 is 14.3 Å². The Kier molecular flexibility index (Phi) is 7.75. The van der Waals surface area contributed by atoms with Crippen LogP contribution >= 0.6 is 0 Å². The van der Waals surface area contributed by atoms with E-state index in [1.165, 1.54) is 4.57 Å². The highest BCUT2D eigenvalue weighted by Gasteiger charge is 2.30. The number of rotatable bonds is 11. The molecule has 2 fully saturated rings. The van der Waals surface area contributed by atoms with Crippen LogP contribution in [0.3, 0.4) is 0 Å². The zero-order valence-corrected chi connectivity index (χ0v) is 22.1. The number of carbonyl (C=O) groups is 2. The number of amides is 2. The Balaban J connectivity index is 1.56. The molecular formula is C25H34N6O4Si. The van der Waals surface area contributed by atoms with Gasteiger partial charge in [-0.3, -0.25) is 19.0 Å². The fourth-order valence-electron chi connectivity index (χ4n) is 4.19. The van der Waals surface area contributed by atoms with Gasteiger partial charge in [0.25, 0.3) is 11.5 Å². The molecule has 0 spiro atoms.